The van der Waals surface area contributed by atoms with Gasteiger partial charge in [-0.15, -0.1) is 0 Å². The van der Waals surface area contributed by atoms with E-state index in [0.29, 0.717) is 25.5 Å². The number of para-hydroxylation sites is 1. The number of aryl methyl sites for hydroxylation is 1. The molecule has 3 rings (SSSR count). The van der Waals surface area contributed by atoms with Crippen molar-refractivity contribution in [3.05, 3.63) is 72.3 Å². The standard InChI is InChI=1S/C35H53N2O7P/c1-5-7-8-9-10-11-12-13-14-17-25-41-33-21-18-22-34(30(33)3)42-27-32(40-6-2)28-43-45(38,39)44-35-20-16-15-19-31(35)26-37-24-23-36(4)29-37/h15-16,18-24,29,32H,5-14,17,25-28H2,1-4H3/p+1. The molecule has 0 amide bonds. The molecule has 2 unspecified atom stereocenters. The number of hydrogen-bond acceptors (Lipinski definition) is 6. The summed E-state index contributed by atoms with van der Waals surface area (Å²) in [5.41, 5.74) is 1.66. The lowest BCUT2D eigenvalue weighted by atomic mass is 10.1. The summed E-state index contributed by atoms with van der Waals surface area (Å²) in [7, 11) is -2.50. The van der Waals surface area contributed by atoms with Crippen LogP contribution < -0.4 is 18.6 Å². The topological polar surface area (TPSA) is 92.3 Å². The second-order valence-electron chi connectivity index (χ2n) is 11.5. The number of phosphoric ester groups is 1. The second kappa shape index (κ2) is 20.3. The van der Waals surface area contributed by atoms with Crippen LogP contribution in [0.15, 0.2) is 61.2 Å². The number of imidazole rings is 1. The fourth-order valence-corrected chi connectivity index (χ4v) is 5.92. The van der Waals surface area contributed by atoms with E-state index in [1.54, 1.807) is 12.1 Å². The first-order valence-corrected chi connectivity index (χ1v) is 18.0. The van der Waals surface area contributed by atoms with Gasteiger partial charge in [-0.3, -0.25) is 9.42 Å². The molecular formula is C35H54N2O7P+. The van der Waals surface area contributed by atoms with E-state index in [0.717, 1.165) is 23.3 Å². The molecule has 2 aromatic carbocycles. The van der Waals surface area contributed by atoms with Gasteiger partial charge in [0.2, 0.25) is 6.33 Å². The molecule has 0 bridgehead atoms. The van der Waals surface area contributed by atoms with Crippen LogP contribution in [0.1, 0.15) is 89.2 Å². The highest BCUT2D eigenvalue weighted by molar-refractivity contribution is 7.47. The Labute approximate surface area is 270 Å². The Hall–Kier alpha value is -2.84. The Morgan fingerprint density at radius 1 is 0.844 bits per heavy atom. The van der Waals surface area contributed by atoms with Gasteiger partial charge < -0.3 is 18.7 Å². The van der Waals surface area contributed by atoms with Gasteiger partial charge in [-0.2, -0.15) is 0 Å². The molecule has 1 aromatic heterocycles. The van der Waals surface area contributed by atoms with Crippen LogP contribution in [-0.2, 0) is 27.4 Å². The molecule has 0 aliphatic rings. The largest absolute Gasteiger partial charge is 0.527 e. The van der Waals surface area contributed by atoms with E-state index in [2.05, 4.69) is 6.92 Å². The SMILES string of the molecule is CCCCCCCCCCCCOc1cccc(OCC(COP(=O)(O)Oc2ccccc2Cn2cc[n+](C)c2)OCC)c1C. The first-order chi connectivity index (χ1) is 21.8. The maximum Gasteiger partial charge on any atom is 0.527 e. The number of phosphoric acid groups is 1. The zero-order chi connectivity index (χ0) is 32.3. The van der Waals surface area contributed by atoms with Crippen molar-refractivity contribution >= 4 is 7.82 Å². The highest BCUT2D eigenvalue weighted by Gasteiger charge is 2.27. The molecule has 0 spiro atoms. The van der Waals surface area contributed by atoms with E-state index in [1.807, 2.05) is 79.1 Å². The van der Waals surface area contributed by atoms with Gasteiger partial charge in [0.1, 0.15) is 48.9 Å². The van der Waals surface area contributed by atoms with Crippen LogP contribution in [0.25, 0.3) is 0 Å². The third-order valence-electron chi connectivity index (χ3n) is 7.60. The molecule has 0 radical (unpaired) electrons. The van der Waals surface area contributed by atoms with Crippen molar-refractivity contribution in [2.24, 2.45) is 7.05 Å². The summed E-state index contributed by atoms with van der Waals surface area (Å²) in [5.74, 6) is 1.76. The number of rotatable bonds is 24. The van der Waals surface area contributed by atoms with E-state index >= 15 is 0 Å². The van der Waals surface area contributed by atoms with E-state index in [4.69, 9.17) is 23.3 Å². The van der Waals surface area contributed by atoms with Gasteiger partial charge in [-0.25, -0.2) is 13.7 Å². The summed E-state index contributed by atoms with van der Waals surface area (Å²) in [4.78, 5) is 10.5. The molecule has 0 aliphatic heterocycles. The van der Waals surface area contributed by atoms with Crippen molar-refractivity contribution in [1.29, 1.82) is 0 Å². The van der Waals surface area contributed by atoms with Gasteiger partial charge in [0.15, 0.2) is 0 Å². The smallest absolute Gasteiger partial charge is 0.493 e. The van der Waals surface area contributed by atoms with Crippen LogP contribution in [0.2, 0.25) is 0 Å². The minimum Gasteiger partial charge on any atom is -0.493 e. The third-order valence-corrected chi connectivity index (χ3v) is 8.51. The number of benzene rings is 2. The highest BCUT2D eigenvalue weighted by Crippen LogP contribution is 2.45. The molecule has 0 aliphatic carbocycles. The van der Waals surface area contributed by atoms with Gasteiger partial charge in [0, 0.05) is 17.7 Å². The Morgan fingerprint density at radius 2 is 1.49 bits per heavy atom. The lowest BCUT2D eigenvalue weighted by molar-refractivity contribution is -0.671. The summed E-state index contributed by atoms with van der Waals surface area (Å²) in [6.07, 6.45) is 18.0. The summed E-state index contributed by atoms with van der Waals surface area (Å²) >= 11 is 0. The Morgan fingerprint density at radius 3 is 2.16 bits per heavy atom. The van der Waals surface area contributed by atoms with E-state index < -0.39 is 13.9 Å². The molecule has 9 nitrogen and oxygen atoms in total. The maximum atomic E-state index is 12.9. The predicted octanol–water partition coefficient (Wildman–Crippen LogP) is 7.95. The summed E-state index contributed by atoms with van der Waals surface area (Å²) in [6.45, 7) is 7.59. The molecule has 250 valence electrons. The van der Waals surface area contributed by atoms with E-state index in [9.17, 15) is 9.46 Å². The van der Waals surface area contributed by atoms with E-state index in [1.165, 1.54) is 57.8 Å². The lowest BCUT2D eigenvalue weighted by Crippen LogP contribution is -2.27. The molecule has 3 aromatic rings. The Balaban J connectivity index is 1.43. The van der Waals surface area contributed by atoms with Crippen molar-refractivity contribution in [2.75, 3.05) is 26.4 Å². The Bertz CT molecular complexity index is 1300. The molecule has 0 saturated heterocycles. The van der Waals surface area contributed by atoms with Gasteiger partial charge in [-0.1, -0.05) is 89.0 Å². The van der Waals surface area contributed by atoms with Crippen molar-refractivity contribution < 1.29 is 37.3 Å². The van der Waals surface area contributed by atoms with Gasteiger partial charge in [-0.05, 0) is 38.5 Å². The molecule has 1 N–H and O–H groups in total. The molecule has 45 heavy (non-hydrogen) atoms. The second-order valence-corrected chi connectivity index (χ2v) is 12.9. The van der Waals surface area contributed by atoms with Gasteiger partial charge in [0.05, 0.1) is 20.3 Å². The Kier molecular flexibility index (Phi) is 16.5. The number of unbranched alkanes of at least 4 members (excludes halogenated alkanes) is 9. The third kappa shape index (κ3) is 14.0. The lowest BCUT2D eigenvalue weighted by Gasteiger charge is -2.21. The van der Waals surface area contributed by atoms with Crippen LogP contribution in [0.4, 0.5) is 0 Å². The fourth-order valence-electron chi connectivity index (χ4n) is 5.08. The first kappa shape index (κ1) is 36.6. The summed E-state index contributed by atoms with van der Waals surface area (Å²) < 4.78 is 45.5. The number of aromatic nitrogens is 2. The molecule has 1 heterocycles. The van der Waals surface area contributed by atoms with Gasteiger partial charge in [0.25, 0.3) is 0 Å². The van der Waals surface area contributed by atoms with Crippen LogP contribution in [-0.4, -0.2) is 42.0 Å². The highest BCUT2D eigenvalue weighted by atomic mass is 31.2. The maximum absolute atomic E-state index is 12.9. The quantitative estimate of drug-likeness (QED) is 0.0601. The normalized spacial score (nSPS) is 13.4. The summed E-state index contributed by atoms with van der Waals surface area (Å²) in [5, 5.41) is 0. The van der Waals surface area contributed by atoms with Crippen LogP contribution in [0, 0.1) is 6.92 Å². The molecule has 0 saturated carbocycles. The zero-order valence-corrected chi connectivity index (χ0v) is 28.6. The van der Waals surface area contributed by atoms with Crippen molar-refractivity contribution in [3.63, 3.8) is 0 Å². The van der Waals surface area contributed by atoms with Crippen LogP contribution in [0.5, 0.6) is 17.2 Å². The predicted molar refractivity (Wildman–Crippen MR) is 177 cm³/mol. The number of nitrogens with zero attached hydrogens (tertiary/aromatic N) is 2. The fraction of sp³-hybridized carbons (Fsp3) is 0.571. The van der Waals surface area contributed by atoms with Gasteiger partial charge >= 0.3 is 7.82 Å². The first-order valence-electron chi connectivity index (χ1n) is 16.5. The monoisotopic (exact) mass is 645 g/mol. The minimum absolute atomic E-state index is 0.137. The van der Waals surface area contributed by atoms with E-state index in [-0.39, 0.29) is 19.0 Å². The van der Waals surface area contributed by atoms with Crippen molar-refractivity contribution in [2.45, 2.75) is 97.6 Å². The molecule has 10 heteroatoms. The number of ether oxygens (including phenoxy) is 3. The molecule has 0 fully saturated rings. The van der Waals surface area contributed by atoms with Crippen LogP contribution in [0.3, 0.4) is 0 Å². The average Bonchev–Trinajstić information content (AvgIpc) is 3.43. The molecular weight excluding hydrogens is 591 g/mol. The zero-order valence-electron chi connectivity index (χ0n) is 27.7. The average molecular weight is 646 g/mol. The molecule has 2 atom stereocenters. The summed E-state index contributed by atoms with van der Waals surface area (Å²) in [6, 6.07) is 12.9. The van der Waals surface area contributed by atoms with Crippen LogP contribution >= 0.6 is 7.82 Å². The van der Waals surface area contributed by atoms with Crippen molar-refractivity contribution in [3.8, 4) is 17.2 Å². The van der Waals surface area contributed by atoms with Crippen molar-refractivity contribution in [1.82, 2.24) is 4.57 Å². The number of hydrogen-bond donors (Lipinski definition) is 1. The minimum atomic E-state index is -4.43.